The molecule has 1 N–H and O–H groups in total. The van der Waals surface area contributed by atoms with E-state index in [4.69, 9.17) is 30.8 Å². The van der Waals surface area contributed by atoms with E-state index in [0.29, 0.717) is 54.8 Å². The number of amides is 1. The summed E-state index contributed by atoms with van der Waals surface area (Å²) in [6, 6.07) is 21.8. The monoisotopic (exact) mass is 586 g/mol. The Balaban J connectivity index is 1.61. The van der Waals surface area contributed by atoms with Crippen LogP contribution in [0, 0.1) is 0 Å². The van der Waals surface area contributed by atoms with Crippen LogP contribution < -0.4 is 14.8 Å². The standard InChI is InChI=1S/C32H27ClN2O5S/c1-18(2)40-32(37)28-24(19-12-14-20(33)15-13-19)17-41-31(28)35-30(36)23-16-26(34-25-10-6-5-8-21(23)25)22-9-7-11-27(38-3)29(22)39-4/h5-18H,1-4H3,(H,35,36). The summed E-state index contributed by atoms with van der Waals surface area (Å²) in [7, 11) is 3.12. The molecule has 5 aromatic rings. The van der Waals surface area contributed by atoms with Gasteiger partial charge in [-0.2, -0.15) is 0 Å². The molecule has 7 nitrogen and oxygen atoms in total. The normalized spacial score (nSPS) is 11.0. The van der Waals surface area contributed by atoms with Crippen molar-refractivity contribution in [2.24, 2.45) is 0 Å². The Hall–Kier alpha value is -4.40. The quantitative estimate of drug-likeness (QED) is 0.185. The van der Waals surface area contributed by atoms with Gasteiger partial charge in [-0.3, -0.25) is 4.79 Å². The van der Waals surface area contributed by atoms with Gasteiger partial charge in [-0.1, -0.05) is 48.0 Å². The molecule has 0 atom stereocenters. The van der Waals surface area contributed by atoms with Gasteiger partial charge in [0.2, 0.25) is 0 Å². The van der Waals surface area contributed by atoms with Gasteiger partial charge in [0.15, 0.2) is 11.5 Å². The Kier molecular flexibility index (Phi) is 8.23. The summed E-state index contributed by atoms with van der Waals surface area (Å²) in [6.07, 6.45) is -0.339. The smallest absolute Gasteiger partial charge is 0.342 e. The summed E-state index contributed by atoms with van der Waals surface area (Å²) in [5, 5.41) is 6.43. The number of ether oxygens (including phenoxy) is 3. The summed E-state index contributed by atoms with van der Waals surface area (Å²) < 4.78 is 16.7. The van der Waals surface area contributed by atoms with Crippen LogP contribution in [0.25, 0.3) is 33.3 Å². The van der Waals surface area contributed by atoms with Gasteiger partial charge >= 0.3 is 5.97 Å². The Morgan fingerprint density at radius 2 is 1.68 bits per heavy atom. The van der Waals surface area contributed by atoms with Crippen LogP contribution in [0.15, 0.2) is 78.2 Å². The Morgan fingerprint density at radius 3 is 2.39 bits per heavy atom. The van der Waals surface area contributed by atoms with Gasteiger partial charge in [0, 0.05) is 26.9 Å². The minimum atomic E-state index is -0.525. The van der Waals surface area contributed by atoms with Crippen molar-refractivity contribution in [3.05, 3.63) is 94.3 Å². The number of aromatic nitrogens is 1. The van der Waals surface area contributed by atoms with Crippen molar-refractivity contribution in [2.45, 2.75) is 20.0 Å². The van der Waals surface area contributed by atoms with Gasteiger partial charge in [-0.25, -0.2) is 9.78 Å². The maximum Gasteiger partial charge on any atom is 0.342 e. The second-order valence-electron chi connectivity index (χ2n) is 9.38. The van der Waals surface area contributed by atoms with Crippen molar-refractivity contribution in [3.63, 3.8) is 0 Å². The molecule has 2 aromatic heterocycles. The first kappa shape index (κ1) is 28.1. The van der Waals surface area contributed by atoms with E-state index in [2.05, 4.69) is 5.32 Å². The zero-order valence-corrected chi connectivity index (χ0v) is 24.4. The van der Waals surface area contributed by atoms with Crippen molar-refractivity contribution in [2.75, 3.05) is 19.5 Å². The van der Waals surface area contributed by atoms with E-state index in [1.807, 2.05) is 53.9 Å². The molecule has 0 bridgehead atoms. The van der Waals surface area contributed by atoms with Gasteiger partial charge < -0.3 is 19.5 Å². The highest BCUT2D eigenvalue weighted by atomic mass is 35.5. The molecule has 0 aliphatic carbocycles. The first-order chi connectivity index (χ1) is 19.8. The molecule has 0 radical (unpaired) electrons. The molecule has 208 valence electrons. The van der Waals surface area contributed by atoms with Crippen LogP contribution in [0.5, 0.6) is 11.5 Å². The second-order valence-corrected chi connectivity index (χ2v) is 10.7. The molecule has 1 amide bonds. The van der Waals surface area contributed by atoms with Gasteiger partial charge in [-0.15, -0.1) is 11.3 Å². The Bertz CT molecular complexity index is 1750. The number of carbonyl (C=O) groups is 2. The summed E-state index contributed by atoms with van der Waals surface area (Å²) in [6.45, 7) is 3.56. The summed E-state index contributed by atoms with van der Waals surface area (Å²) >= 11 is 7.34. The van der Waals surface area contributed by atoms with E-state index in [0.717, 1.165) is 5.56 Å². The van der Waals surface area contributed by atoms with Crippen molar-refractivity contribution in [3.8, 4) is 33.9 Å². The van der Waals surface area contributed by atoms with Crippen LogP contribution in [0.1, 0.15) is 34.6 Å². The van der Waals surface area contributed by atoms with Crippen LogP contribution in [-0.4, -0.2) is 37.2 Å². The predicted octanol–water partition coefficient (Wildman–Crippen LogP) is 8.12. The number of thiophene rings is 1. The minimum Gasteiger partial charge on any atom is -0.493 e. The van der Waals surface area contributed by atoms with Crippen molar-refractivity contribution >= 4 is 50.7 Å². The van der Waals surface area contributed by atoms with Crippen LogP contribution in [0.2, 0.25) is 5.02 Å². The number of fused-ring (bicyclic) bond motifs is 1. The van der Waals surface area contributed by atoms with Gasteiger partial charge in [0.1, 0.15) is 10.6 Å². The molecule has 2 heterocycles. The lowest BCUT2D eigenvalue weighted by molar-refractivity contribution is 0.0380. The summed E-state index contributed by atoms with van der Waals surface area (Å²) in [5.74, 6) is 0.138. The van der Waals surface area contributed by atoms with Crippen LogP contribution in [-0.2, 0) is 4.74 Å². The molecule has 0 saturated heterocycles. The van der Waals surface area contributed by atoms with E-state index in [1.54, 1.807) is 52.3 Å². The number of benzene rings is 3. The first-order valence-electron chi connectivity index (χ1n) is 12.8. The number of anilines is 1. The molecule has 5 rings (SSSR count). The molecule has 0 aliphatic rings. The molecule has 41 heavy (non-hydrogen) atoms. The molecular weight excluding hydrogens is 560 g/mol. The topological polar surface area (TPSA) is 86.8 Å². The summed E-state index contributed by atoms with van der Waals surface area (Å²) in [4.78, 5) is 32.0. The average molecular weight is 587 g/mol. The highest BCUT2D eigenvalue weighted by Gasteiger charge is 2.25. The number of para-hydroxylation sites is 2. The van der Waals surface area contributed by atoms with E-state index < -0.39 is 11.9 Å². The number of carbonyl (C=O) groups excluding carboxylic acids is 2. The predicted molar refractivity (Wildman–Crippen MR) is 164 cm³/mol. The third-order valence-corrected chi connectivity index (χ3v) is 7.51. The Morgan fingerprint density at radius 1 is 0.927 bits per heavy atom. The van der Waals surface area contributed by atoms with Crippen molar-refractivity contribution in [1.29, 1.82) is 0 Å². The lowest BCUT2D eigenvalue weighted by Gasteiger charge is -2.15. The number of pyridine rings is 1. The molecule has 9 heteroatoms. The number of hydrogen-bond donors (Lipinski definition) is 1. The molecular formula is C32H27ClN2O5S. The van der Waals surface area contributed by atoms with E-state index in [-0.39, 0.29) is 11.7 Å². The molecule has 3 aromatic carbocycles. The van der Waals surface area contributed by atoms with Crippen molar-refractivity contribution < 1.29 is 23.8 Å². The second kappa shape index (κ2) is 12.0. The fourth-order valence-electron chi connectivity index (χ4n) is 4.53. The van der Waals surface area contributed by atoms with Crippen LogP contribution in [0.3, 0.4) is 0 Å². The lowest BCUT2D eigenvalue weighted by atomic mass is 10.0. The van der Waals surface area contributed by atoms with Crippen LogP contribution >= 0.6 is 22.9 Å². The number of nitrogens with zero attached hydrogens (tertiary/aromatic N) is 1. The maximum atomic E-state index is 13.9. The fraction of sp³-hybridized carbons (Fsp3) is 0.156. The lowest BCUT2D eigenvalue weighted by Crippen LogP contribution is -2.17. The van der Waals surface area contributed by atoms with E-state index >= 15 is 0 Å². The third kappa shape index (κ3) is 5.75. The van der Waals surface area contributed by atoms with Gasteiger partial charge in [-0.05, 0) is 55.8 Å². The fourth-order valence-corrected chi connectivity index (χ4v) is 5.61. The first-order valence-corrected chi connectivity index (χ1v) is 14.1. The van der Waals surface area contributed by atoms with E-state index in [9.17, 15) is 9.59 Å². The van der Waals surface area contributed by atoms with Crippen LogP contribution in [0.4, 0.5) is 5.00 Å². The van der Waals surface area contributed by atoms with E-state index in [1.165, 1.54) is 11.3 Å². The number of halogens is 1. The molecule has 0 saturated carbocycles. The number of esters is 1. The maximum absolute atomic E-state index is 13.9. The average Bonchev–Trinajstić information content (AvgIpc) is 3.39. The number of nitrogens with one attached hydrogen (secondary N) is 1. The SMILES string of the molecule is COc1cccc(-c2cc(C(=O)Nc3scc(-c4ccc(Cl)cc4)c3C(=O)OC(C)C)c3ccccc3n2)c1OC. The molecule has 0 spiro atoms. The van der Waals surface area contributed by atoms with Gasteiger partial charge in [0.05, 0.1) is 37.1 Å². The largest absolute Gasteiger partial charge is 0.493 e. The number of methoxy groups -OCH3 is 2. The molecule has 0 fully saturated rings. The number of hydrogen-bond acceptors (Lipinski definition) is 7. The third-order valence-electron chi connectivity index (χ3n) is 6.36. The number of rotatable bonds is 8. The van der Waals surface area contributed by atoms with Gasteiger partial charge in [0.25, 0.3) is 5.91 Å². The minimum absolute atomic E-state index is 0.285. The zero-order valence-electron chi connectivity index (χ0n) is 22.9. The molecule has 0 aliphatic heterocycles. The summed E-state index contributed by atoms with van der Waals surface area (Å²) in [5.41, 5.74) is 3.95. The molecule has 0 unspecified atom stereocenters. The Labute approximate surface area is 246 Å². The zero-order chi connectivity index (χ0) is 29.1. The van der Waals surface area contributed by atoms with Crippen molar-refractivity contribution in [1.82, 2.24) is 4.98 Å². The highest BCUT2D eigenvalue weighted by Crippen LogP contribution is 2.40. The highest BCUT2D eigenvalue weighted by molar-refractivity contribution is 7.15.